The lowest BCUT2D eigenvalue weighted by molar-refractivity contribution is -0.196. The summed E-state index contributed by atoms with van der Waals surface area (Å²) in [5, 5.41) is 3.78. The van der Waals surface area contributed by atoms with Crippen LogP contribution in [0.5, 0.6) is 0 Å². The van der Waals surface area contributed by atoms with Crippen molar-refractivity contribution >= 4 is 29.2 Å². The number of carbonyl (C=O) groups excluding carboxylic acids is 2. The molecule has 0 unspecified atom stereocenters. The molecule has 0 saturated carbocycles. The van der Waals surface area contributed by atoms with E-state index in [1.807, 2.05) is 5.32 Å². The first-order valence-corrected chi connectivity index (χ1v) is 8.06. The van der Waals surface area contributed by atoms with Gasteiger partial charge >= 0.3 is 11.9 Å². The van der Waals surface area contributed by atoms with Crippen LogP contribution in [0.1, 0.15) is 15.9 Å². The monoisotopic (exact) mass is 416 g/mol. The molecule has 2 amide bonds. The largest absolute Gasteiger partial charge is 0.425 e. The van der Waals surface area contributed by atoms with Gasteiger partial charge in [-0.2, -0.15) is 13.2 Å². The molecular formula is C16H12ClF3N4O4. The lowest BCUT2D eigenvalue weighted by Crippen LogP contribution is -2.62. The molecule has 1 aliphatic rings. The summed E-state index contributed by atoms with van der Waals surface area (Å²) in [6, 6.07) is 4.88. The Morgan fingerprint density at radius 2 is 1.68 bits per heavy atom. The van der Waals surface area contributed by atoms with Crippen molar-refractivity contribution in [2.45, 2.75) is 11.7 Å². The van der Waals surface area contributed by atoms with Gasteiger partial charge in [-0.05, 0) is 24.3 Å². The van der Waals surface area contributed by atoms with Crippen LogP contribution in [0.4, 0.5) is 19.0 Å². The predicted molar refractivity (Wildman–Crippen MR) is 92.2 cm³/mol. The molecule has 8 nitrogen and oxygen atoms in total. The maximum atomic E-state index is 14.1. The second kappa shape index (κ2) is 6.23. The van der Waals surface area contributed by atoms with Crippen molar-refractivity contribution in [3.63, 3.8) is 0 Å². The number of halogens is 4. The number of alkyl halides is 3. The van der Waals surface area contributed by atoms with E-state index in [1.54, 1.807) is 5.32 Å². The minimum absolute atomic E-state index is 0.212. The summed E-state index contributed by atoms with van der Waals surface area (Å²) < 4.78 is 43.4. The number of hydrogen-bond donors (Lipinski definition) is 2. The molecule has 28 heavy (non-hydrogen) atoms. The van der Waals surface area contributed by atoms with Crippen LogP contribution in [0, 0.1) is 0 Å². The third kappa shape index (κ3) is 2.61. The topological polar surface area (TPSA) is 102 Å². The fourth-order valence-corrected chi connectivity index (χ4v) is 3.07. The van der Waals surface area contributed by atoms with Crippen LogP contribution in [0.15, 0.2) is 33.9 Å². The maximum Gasteiger partial charge on any atom is 0.425 e. The number of benzene rings is 1. The van der Waals surface area contributed by atoms with Gasteiger partial charge in [-0.15, -0.1) is 0 Å². The van der Waals surface area contributed by atoms with E-state index in [0.717, 1.165) is 26.2 Å². The number of nitrogens with zero attached hydrogens (tertiary/aromatic N) is 2. The van der Waals surface area contributed by atoms with Crippen molar-refractivity contribution in [3.8, 4) is 0 Å². The fraction of sp³-hybridized carbons (Fsp3) is 0.250. The van der Waals surface area contributed by atoms with E-state index >= 15 is 0 Å². The molecule has 0 aliphatic carbocycles. The zero-order valence-electron chi connectivity index (χ0n) is 14.3. The highest BCUT2D eigenvalue weighted by Crippen LogP contribution is 2.45. The van der Waals surface area contributed by atoms with Crippen LogP contribution >= 0.6 is 11.6 Å². The molecular weight excluding hydrogens is 405 g/mol. The first kappa shape index (κ1) is 19.7. The van der Waals surface area contributed by atoms with Gasteiger partial charge in [0.25, 0.3) is 22.9 Å². The molecule has 0 saturated heterocycles. The molecule has 2 N–H and O–H groups in total. The highest BCUT2D eigenvalue weighted by atomic mass is 35.5. The Kier molecular flexibility index (Phi) is 4.38. The molecule has 0 bridgehead atoms. The maximum absolute atomic E-state index is 14.1. The van der Waals surface area contributed by atoms with Gasteiger partial charge in [-0.3, -0.25) is 23.5 Å². The van der Waals surface area contributed by atoms with Crippen molar-refractivity contribution in [1.29, 1.82) is 0 Å². The second-order valence-corrected chi connectivity index (χ2v) is 6.53. The summed E-state index contributed by atoms with van der Waals surface area (Å²) >= 11 is 5.69. The number of nitrogens with one attached hydrogen (secondary N) is 2. The lowest BCUT2D eigenvalue weighted by Gasteiger charge is -2.30. The Bertz CT molecular complexity index is 1120. The molecule has 0 radical (unpaired) electrons. The van der Waals surface area contributed by atoms with E-state index in [2.05, 4.69) is 0 Å². The Balaban J connectivity index is 2.27. The SMILES string of the molecule is Cn1c2c(c(=O)n(C)c1=O)[C@@](NC(=O)c1ccc(Cl)cc1)(C(F)(F)F)C(=O)N2. The van der Waals surface area contributed by atoms with Crippen molar-refractivity contribution in [3.05, 3.63) is 61.3 Å². The van der Waals surface area contributed by atoms with E-state index in [-0.39, 0.29) is 10.6 Å². The molecule has 148 valence electrons. The first-order chi connectivity index (χ1) is 12.9. The lowest BCUT2D eigenvalue weighted by atomic mass is 9.91. The van der Waals surface area contributed by atoms with E-state index in [1.165, 1.54) is 12.1 Å². The summed E-state index contributed by atoms with van der Waals surface area (Å²) in [6.45, 7) is 0. The quantitative estimate of drug-likeness (QED) is 0.758. The summed E-state index contributed by atoms with van der Waals surface area (Å²) in [7, 11) is 2.06. The number of hydrogen-bond acceptors (Lipinski definition) is 4. The number of rotatable bonds is 2. The van der Waals surface area contributed by atoms with Crippen LogP contribution in [0.3, 0.4) is 0 Å². The molecule has 3 rings (SSSR count). The van der Waals surface area contributed by atoms with Crippen LogP contribution in [-0.4, -0.2) is 27.1 Å². The fourth-order valence-electron chi connectivity index (χ4n) is 2.95. The smallest absolute Gasteiger partial charge is 0.326 e. The van der Waals surface area contributed by atoms with Gasteiger partial charge in [0.2, 0.25) is 0 Å². The van der Waals surface area contributed by atoms with Crippen molar-refractivity contribution in [2.75, 3.05) is 5.32 Å². The van der Waals surface area contributed by atoms with E-state index in [4.69, 9.17) is 11.6 Å². The second-order valence-electron chi connectivity index (χ2n) is 6.09. The van der Waals surface area contributed by atoms with E-state index in [9.17, 15) is 32.3 Å². The van der Waals surface area contributed by atoms with Gasteiger partial charge in [0.15, 0.2) is 0 Å². The molecule has 1 aromatic heterocycles. The molecule has 0 fully saturated rings. The minimum atomic E-state index is -5.38. The van der Waals surface area contributed by atoms with Crippen LogP contribution in [0.2, 0.25) is 5.02 Å². The minimum Gasteiger partial charge on any atom is -0.326 e. The molecule has 2 heterocycles. The number of carbonyl (C=O) groups is 2. The van der Waals surface area contributed by atoms with E-state index < -0.39 is 46.2 Å². The summed E-state index contributed by atoms with van der Waals surface area (Å²) in [5.41, 5.74) is -7.26. The van der Waals surface area contributed by atoms with Crippen molar-refractivity contribution < 1.29 is 22.8 Å². The molecule has 1 aromatic carbocycles. The van der Waals surface area contributed by atoms with Crippen LogP contribution < -0.4 is 21.9 Å². The van der Waals surface area contributed by atoms with Crippen molar-refractivity contribution in [2.24, 2.45) is 14.1 Å². The predicted octanol–water partition coefficient (Wildman–Crippen LogP) is 0.877. The van der Waals surface area contributed by atoms with Gasteiger partial charge in [0.05, 0.1) is 0 Å². The van der Waals surface area contributed by atoms with Crippen LogP contribution in [0.25, 0.3) is 0 Å². The number of fused-ring (bicyclic) bond motifs is 1. The van der Waals surface area contributed by atoms with Crippen molar-refractivity contribution in [1.82, 2.24) is 14.5 Å². The summed E-state index contributed by atoms with van der Waals surface area (Å²) in [5.74, 6) is -3.59. The molecule has 2 aromatic rings. The van der Waals surface area contributed by atoms with Gasteiger partial charge in [0, 0.05) is 24.7 Å². The summed E-state index contributed by atoms with van der Waals surface area (Å²) in [6.07, 6.45) is -5.38. The molecule has 1 aliphatic heterocycles. The average Bonchev–Trinajstić information content (AvgIpc) is 2.92. The standard InChI is InChI=1S/C16H12ClF3N4O4/c1-23-10-9(12(26)24(2)14(23)28)15(13(27)21-10,16(18,19)20)22-11(25)7-3-5-8(17)6-4-7/h3-6H,1-2H3,(H,21,27)(H,22,25)/t15-/m0/s1. The van der Waals surface area contributed by atoms with Gasteiger partial charge in [-0.25, -0.2) is 4.79 Å². The Morgan fingerprint density at radius 1 is 1.11 bits per heavy atom. The first-order valence-electron chi connectivity index (χ1n) is 7.68. The van der Waals surface area contributed by atoms with Gasteiger partial charge in [0.1, 0.15) is 11.4 Å². The highest BCUT2D eigenvalue weighted by Gasteiger charge is 2.68. The Hall–Kier alpha value is -3.08. The normalized spacial score (nSPS) is 18.6. The molecule has 1 atom stereocenters. The number of aromatic nitrogens is 2. The molecule has 12 heteroatoms. The highest BCUT2D eigenvalue weighted by molar-refractivity contribution is 6.30. The average molecular weight is 417 g/mol. The Labute approximate surface area is 159 Å². The van der Waals surface area contributed by atoms with Crippen LogP contribution in [-0.2, 0) is 24.4 Å². The number of anilines is 1. The Morgan fingerprint density at radius 3 is 2.21 bits per heavy atom. The third-order valence-electron chi connectivity index (χ3n) is 4.44. The van der Waals surface area contributed by atoms with Gasteiger partial charge in [-0.1, -0.05) is 11.6 Å². The summed E-state index contributed by atoms with van der Waals surface area (Å²) in [4.78, 5) is 49.4. The molecule has 0 spiro atoms. The zero-order valence-corrected chi connectivity index (χ0v) is 15.1. The van der Waals surface area contributed by atoms with E-state index in [0.29, 0.717) is 9.13 Å². The van der Waals surface area contributed by atoms with Gasteiger partial charge < -0.3 is 10.6 Å². The number of amides is 2. The third-order valence-corrected chi connectivity index (χ3v) is 4.70. The zero-order chi connectivity index (χ0) is 21.0.